The summed E-state index contributed by atoms with van der Waals surface area (Å²) in [5.74, 6) is 0.389. The number of aliphatic hydroxyl groups excluding tert-OH is 3. The summed E-state index contributed by atoms with van der Waals surface area (Å²) in [6.45, 7) is 0. The summed E-state index contributed by atoms with van der Waals surface area (Å²) < 4.78 is 5.43. The number of benzene rings is 1. The standard InChI is InChI=1S/C18H26O4/c19-13(7-6-12-4-2-1-3-5-12)8-9-14-15-10-18(21)22-17(15)11-16(14)20/h1-5,13-21H,6-11H2/t13-,14+,15-,16-,17+,18+/m0/s1. The van der Waals surface area contributed by atoms with E-state index in [1.54, 1.807) is 0 Å². The van der Waals surface area contributed by atoms with Crippen LogP contribution in [-0.4, -0.2) is 39.9 Å². The summed E-state index contributed by atoms with van der Waals surface area (Å²) in [6.07, 6.45) is 3.00. The van der Waals surface area contributed by atoms with Crippen LogP contribution in [0.4, 0.5) is 0 Å². The maximum absolute atomic E-state index is 10.2. The molecule has 0 bridgehead atoms. The molecule has 122 valence electrons. The van der Waals surface area contributed by atoms with Crippen LogP contribution in [0, 0.1) is 11.8 Å². The second-order valence-electron chi connectivity index (χ2n) is 6.75. The van der Waals surface area contributed by atoms with Gasteiger partial charge in [-0.1, -0.05) is 30.3 Å². The molecule has 4 heteroatoms. The fourth-order valence-corrected chi connectivity index (χ4v) is 4.04. The first-order valence-corrected chi connectivity index (χ1v) is 8.37. The number of hydrogen-bond acceptors (Lipinski definition) is 4. The van der Waals surface area contributed by atoms with Crippen LogP contribution in [0.2, 0.25) is 0 Å². The van der Waals surface area contributed by atoms with Crippen molar-refractivity contribution in [3.63, 3.8) is 0 Å². The molecule has 3 rings (SSSR count). The van der Waals surface area contributed by atoms with Crippen LogP contribution in [-0.2, 0) is 11.2 Å². The summed E-state index contributed by atoms with van der Waals surface area (Å²) >= 11 is 0. The average Bonchev–Trinajstić information content (AvgIpc) is 2.99. The average molecular weight is 306 g/mol. The number of aryl methyl sites for hydroxylation is 1. The van der Waals surface area contributed by atoms with E-state index in [2.05, 4.69) is 12.1 Å². The Balaban J connectivity index is 1.43. The molecule has 0 radical (unpaired) electrons. The van der Waals surface area contributed by atoms with E-state index < -0.39 is 6.29 Å². The molecular formula is C18H26O4. The highest BCUT2D eigenvalue weighted by Crippen LogP contribution is 2.44. The topological polar surface area (TPSA) is 69.9 Å². The van der Waals surface area contributed by atoms with Gasteiger partial charge in [0, 0.05) is 12.8 Å². The van der Waals surface area contributed by atoms with Gasteiger partial charge in [0.15, 0.2) is 6.29 Å². The highest BCUT2D eigenvalue weighted by atomic mass is 16.6. The number of hydrogen-bond donors (Lipinski definition) is 3. The second-order valence-corrected chi connectivity index (χ2v) is 6.75. The molecule has 0 spiro atoms. The molecule has 1 heterocycles. The second kappa shape index (κ2) is 7.09. The Hall–Kier alpha value is -0.940. The molecule has 1 aliphatic heterocycles. The molecule has 1 aromatic rings. The molecule has 0 aromatic heterocycles. The van der Waals surface area contributed by atoms with E-state index in [-0.39, 0.29) is 30.1 Å². The van der Waals surface area contributed by atoms with Gasteiger partial charge in [0.05, 0.1) is 18.3 Å². The fourth-order valence-electron chi connectivity index (χ4n) is 4.04. The first kappa shape index (κ1) is 15.9. The lowest BCUT2D eigenvalue weighted by Crippen LogP contribution is -2.22. The van der Waals surface area contributed by atoms with Gasteiger partial charge in [-0.2, -0.15) is 0 Å². The van der Waals surface area contributed by atoms with Crippen molar-refractivity contribution in [2.24, 2.45) is 11.8 Å². The zero-order chi connectivity index (χ0) is 15.5. The molecule has 6 atom stereocenters. The molecule has 2 aliphatic rings. The normalized spacial score (nSPS) is 35.5. The molecule has 1 saturated carbocycles. The zero-order valence-corrected chi connectivity index (χ0v) is 12.8. The first-order valence-electron chi connectivity index (χ1n) is 8.37. The van der Waals surface area contributed by atoms with Gasteiger partial charge in [0.1, 0.15) is 0 Å². The number of ether oxygens (including phenoxy) is 1. The summed E-state index contributed by atoms with van der Waals surface area (Å²) in [5, 5.41) is 29.9. The van der Waals surface area contributed by atoms with E-state index in [1.165, 1.54) is 5.56 Å². The van der Waals surface area contributed by atoms with Gasteiger partial charge in [0.25, 0.3) is 0 Å². The van der Waals surface area contributed by atoms with Crippen molar-refractivity contribution in [1.82, 2.24) is 0 Å². The Morgan fingerprint density at radius 2 is 1.86 bits per heavy atom. The van der Waals surface area contributed by atoms with Crippen molar-refractivity contribution >= 4 is 0 Å². The van der Waals surface area contributed by atoms with E-state index in [4.69, 9.17) is 4.74 Å². The van der Waals surface area contributed by atoms with Gasteiger partial charge in [-0.25, -0.2) is 0 Å². The SMILES string of the molecule is O[C@@H](CCc1ccccc1)CC[C@@H]1[C@@H]2C[C@H](O)O[C@@H]2C[C@@H]1O. The molecule has 3 N–H and O–H groups in total. The monoisotopic (exact) mass is 306 g/mol. The van der Waals surface area contributed by atoms with Crippen LogP contribution in [0.3, 0.4) is 0 Å². The summed E-state index contributed by atoms with van der Waals surface area (Å²) in [5.41, 5.74) is 1.25. The van der Waals surface area contributed by atoms with E-state index in [0.29, 0.717) is 19.3 Å². The predicted octanol–water partition coefficient (Wildman–Crippen LogP) is 1.86. The number of fused-ring (bicyclic) bond motifs is 1. The Morgan fingerprint density at radius 3 is 2.64 bits per heavy atom. The smallest absolute Gasteiger partial charge is 0.155 e. The van der Waals surface area contributed by atoms with Gasteiger partial charge >= 0.3 is 0 Å². The van der Waals surface area contributed by atoms with Crippen LogP contribution in [0.25, 0.3) is 0 Å². The van der Waals surface area contributed by atoms with Gasteiger partial charge in [0.2, 0.25) is 0 Å². The molecule has 22 heavy (non-hydrogen) atoms. The van der Waals surface area contributed by atoms with Crippen LogP contribution >= 0.6 is 0 Å². The first-order chi connectivity index (χ1) is 10.6. The third-order valence-electron chi connectivity index (χ3n) is 5.24. The molecular weight excluding hydrogens is 280 g/mol. The highest BCUT2D eigenvalue weighted by Gasteiger charge is 2.48. The molecule has 0 amide bonds. The Labute approximate surface area is 131 Å². The van der Waals surface area contributed by atoms with Gasteiger partial charge < -0.3 is 20.1 Å². The van der Waals surface area contributed by atoms with Gasteiger partial charge in [-0.05, 0) is 43.1 Å². The minimum absolute atomic E-state index is 0.00328. The largest absolute Gasteiger partial charge is 0.393 e. The van der Waals surface area contributed by atoms with Crippen molar-refractivity contribution in [2.75, 3.05) is 0 Å². The Bertz CT molecular complexity index is 463. The third kappa shape index (κ3) is 3.69. The Kier molecular flexibility index (Phi) is 5.14. The Morgan fingerprint density at radius 1 is 1.09 bits per heavy atom. The van der Waals surface area contributed by atoms with Crippen LogP contribution in [0.15, 0.2) is 30.3 Å². The molecule has 1 aromatic carbocycles. The maximum Gasteiger partial charge on any atom is 0.155 e. The molecule has 4 nitrogen and oxygen atoms in total. The lowest BCUT2D eigenvalue weighted by molar-refractivity contribution is -0.0951. The summed E-state index contributed by atoms with van der Waals surface area (Å²) in [6, 6.07) is 10.2. The lowest BCUT2D eigenvalue weighted by Gasteiger charge is -2.21. The minimum atomic E-state index is -0.673. The molecule has 1 saturated heterocycles. The lowest BCUT2D eigenvalue weighted by atomic mass is 9.86. The van der Waals surface area contributed by atoms with Gasteiger partial charge in [-0.3, -0.25) is 0 Å². The van der Waals surface area contributed by atoms with Crippen LogP contribution in [0.1, 0.15) is 37.7 Å². The fraction of sp³-hybridized carbons (Fsp3) is 0.667. The number of aliphatic hydroxyl groups is 3. The number of rotatable bonds is 6. The van der Waals surface area contributed by atoms with Crippen molar-refractivity contribution in [1.29, 1.82) is 0 Å². The van der Waals surface area contributed by atoms with Crippen molar-refractivity contribution in [3.8, 4) is 0 Å². The van der Waals surface area contributed by atoms with Gasteiger partial charge in [-0.15, -0.1) is 0 Å². The quantitative estimate of drug-likeness (QED) is 0.750. The van der Waals surface area contributed by atoms with Crippen molar-refractivity contribution in [2.45, 2.75) is 63.1 Å². The van der Waals surface area contributed by atoms with Crippen molar-refractivity contribution in [3.05, 3.63) is 35.9 Å². The van der Waals surface area contributed by atoms with Crippen LogP contribution < -0.4 is 0 Å². The zero-order valence-electron chi connectivity index (χ0n) is 12.8. The van der Waals surface area contributed by atoms with E-state index in [0.717, 1.165) is 19.3 Å². The summed E-state index contributed by atoms with van der Waals surface area (Å²) in [4.78, 5) is 0. The molecule has 2 fully saturated rings. The summed E-state index contributed by atoms with van der Waals surface area (Å²) in [7, 11) is 0. The van der Waals surface area contributed by atoms with Crippen molar-refractivity contribution < 1.29 is 20.1 Å². The van der Waals surface area contributed by atoms with E-state index >= 15 is 0 Å². The van der Waals surface area contributed by atoms with E-state index in [1.807, 2.05) is 18.2 Å². The van der Waals surface area contributed by atoms with E-state index in [9.17, 15) is 15.3 Å². The molecule has 1 aliphatic carbocycles. The molecule has 0 unspecified atom stereocenters. The predicted molar refractivity (Wildman–Crippen MR) is 83.1 cm³/mol. The highest BCUT2D eigenvalue weighted by molar-refractivity contribution is 5.14. The maximum atomic E-state index is 10.2. The minimum Gasteiger partial charge on any atom is -0.393 e. The third-order valence-corrected chi connectivity index (χ3v) is 5.24. The van der Waals surface area contributed by atoms with Crippen LogP contribution in [0.5, 0.6) is 0 Å².